The van der Waals surface area contributed by atoms with Crippen molar-refractivity contribution in [2.45, 2.75) is 30.5 Å². The average Bonchev–Trinajstić information content (AvgIpc) is 2.79. The minimum Gasteiger partial charge on any atom is -0.504 e. The van der Waals surface area contributed by atoms with Crippen LogP contribution < -0.4 is 4.74 Å². The lowest BCUT2D eigenvalue weighted by molar-refractivity contribution is -0.235. The second-order valence-electron chi connectivity index (χ2n) is 7.61. The third-order valence-corrected chi connectivity index (χ3v) is 5.62. The lowest BCUT2D eigenvalue weighted by Crippen LogP contribution is -2.59. The molecule has 2 aromatic rings. The number of hydrogen-bond acceptors (Lipinski definition) is 13. The summed E-state index contributed by atoms with van der Waals surface area (Å²) in [5.41, 5.74) is -0.869. The van der Waals surface area contributed by atoms with Crippen LogP contribution in [0.15, 0.2) is 18.2 Å². The zero-order valence-electron chi connectivity index (χ0n) is 17.4. The number of carbonyl (C=O) groups excluding carboxylic acids is 2. The van der Waals surface area contributed by atoms with Gasteiger partial charge in [-0.1, -0.05) is 0 Å². The molecule has 13 heteroatoms. The number of carbonyl (C=O) groups is 2. The number of fused-ring (bicyclic) bond motifs is 3. The van der Waals surface area contributed by atoms with Gasteiger partial charge in [0.15, 0.2) is 41.0 Å². The quantitative estimate of drug-likeness (QED) is 0.223. The van der Waals surface area contributed by atoms with Gasteiger partial charge < -0.3 is 54.7 Å². The molecular weight excluding hydrogens is 460 g/mol. The van der Waals surface area contributed by atoms with Gasteiger partial charge in [-0.15, -0.1) is 0 Å². The number of phenols is 5. The molecule has 0 aromatic heterocycles. The van der Waals surface area contributed by atoms with E-state index in [9.17, 15) is 45.3 Å². The molecule has 182 valence electrons. The minimum atomic E-state index is -1.70. The fourth-order valence-corrected chi connectivity index (χ4v) is 3.98. The molecule has 0 amide bonds. The SMILES string of the molecule is COc1c(O)cc2c(c1O)[C@@H]1O[C@H](CO)[C@H](O)[C@H](OC(=O)c3cc(O)c(O)c(O)c3)[C@H]1OC2=O. The topological polar surface area (TPSA) is 213 Å². The van der Waals surface area contributed by atoms with E-state index in [4.69, 9.17) is 18.9 Å². The predicted octanol–water partition coefficient (Wildman–Crippen LogP) is -0.219. The van der Waals surface area contributed by atoms with Gasteiger partial charge in [0.25, 0.3) is 0 Å². The van der Waals surface area contributed by atoms with Crippen LogP contribution in [0.1, 0.15) is 32.4 Å². The fraction of sp³-hybridized carbons (Fsp3) is 0.333. The van der Waals surface area contributed by atoms with Crippen molar-refractivity contribution in [3.8, 4) is 34.5 Å². The maximum absolute atomic E-state index is 12.7. The summed E-state index contributed by atoms with van der Waals surface area (Å²) in [4.78, 5) is 25.3. The molecule has 7 N–H and O–H groups in total. The highest BCUT2D eigenvalue weighted by atomic mass is 16.6. The molecule has 2 aromatic carbocycles. The Hall–Kier alpha value is -3.94. The number of benzene rings is 2. The Bertz CT molecular complexity index is 1140. The Labute approximate surface area is 190 Å². The van der Waals surface area contributed by atoms with Gasteiger partial charge in [0.1, 0.15) is 18.3 Å². The molecule has 34 heavy (non-hydrogen) atoms. The van der Waals surface area contributed by atoms with Crippen LogP contribution in [-0.2, 0) is 14.2 Å². The second kappa shape index (κ2) is 8.44. The summed E-state index contributed by atoms with van der Waals surface area (Å²) in [5, 5.41) is 69.8. The summed E-state index contributed by atoms with van der Waals surface area (Å²) in [7, 11) is 1.16. The standard InChI is InChI=1S/C21H20O13/c1-31-16-10(25)4-7-12(15(16)28)17-19(34-21(7)30)18(14(27)11(5-22)32-17)33-20(29)6-2-8(23)13(26)9(24)3-6/h2-4,11,14,17-19,22-28H,5H2,1H3/t11-,14+,17+,18+,19+/m1/s1. The Morgan fingerprint density at radius 2 is 1.68 bits per heavy atom. The van der Waals surface area contributed by atoms with E-state index in [0.29, 0.717) is 0 Å². The molecule has 2 aliphatic rings. The van der Waals surface area contributed by atoms with Gasteiger partial charge in [0.2, 0.25) is 5.75 Å². The van der Waals surface area contributed by atoms with Crippen molar-refractivity contribution in [1.82, 2.24) is 0 Å². The molecule has 0 unspecified atom stereocenters. The zero-order valence-corrected chi connectivity index (χ0v) is 17.4. The van der Waals surface area contributed by atoms with Crippen LogP contribution >= 0.6 is 0 Å². The molecule has 2 aliphatic heterocycles. The molecular formula is C21H20O13. The molecule has 0 saturated carbocycles. The highest BCUT2D eigenvalue weighted by Crippen LogP contribution is 2.50. The first-order valence-corrected chi connectivity index (χ1v) is 9.83. The van der Waals surface area contributed by atoms with Crippen molar-refractivity contribution in [2.24, 2.45) is 0 Å². The molecule has 0 spiro atoms. The van der Waals surface area contributed by atoms with E-state index >= 15 is 0 Å². The largest absolute Gasteiger partial charge is 0.504 e. The molecule has 1 fully saturated rings. The number of ether oxygens (including phenoxy) is 4. The van der Waals surface area contributed by atoms with E-state index in [-0.39, 0.29) is 16.9 Å². The number of rotatable bonds is 4. The Morgan fingerprint density at radius 1 is 1.03 bits per heavy atom. The molecule has 5 atom stereocenters. The van der Waals surface area contributed by atoms with E-state index in [1.54, 1.807) is 0 Å². The summed E-state index contributed by atoms with van der Waals surface area (Å²) >= 11 is 0. The highest BCUT2D eigenvalue weighted by Gasteiger charge is 2.54. The molecule has 0 aliphatic carbocycles. The third-order valence-electron chi connectivity index (χ3n) is 5.62. The second-order valence-corrected chi connectivity index (χ2v) is 7.61. The third kappa shape index (κ3) is 3.55. The number of aliphatic hydroxyl groups is 2. The van der Waals surface area contributed by atoms with Crippen molar-refractivity contribution < 1.29 is 64.3 Å². The lowest BCUT2D eigenvalue weighted by atomic mass is 9.86. The van der Waals surface area contributed by atoms with E-state index in [0.717, 1.165) is 25.3 Å². The number of aliphatic hydroxyl groups excluding tert-OH is 2. The van der Waals surface area contributed by atoms with Crippen LogP contribution in [0.5, 0.6) is 34.5 Å². The molecule has 0 bridgehead atoms. The van der Waals surface area contributed by atoms with Crippen molar-refractivity contribution in [2.75, 3.05) is 13.7 Å². The predicted molar refractivity (Wildman–Crippen MR) is 107 cm³/mol. The van der Waals surface area contributed by atoms with Gasteiger partial charge in [-0.3, -0.25) is 0 Å². The van der Waals surface area contributed by atoms with Crippen LogP contribution in [0.25, 0.3) is 0 Å². The summed E-state index contributed by atoms with van der Waals surface area (Å²) in [5.74, 6) is -6.32. The number of phenolic OH excluding ortho intramolecular Hbond substituents is 5. The first-order chi connectivity index (χ1) is 16.1. The van der Waals surface area contributed by atoms with Crippen LogP contribution in [0.3, 0.4) is 0 Å². The van der Waals surface area contributed by atoms with Crippen molar-refractivity contribution in [3.05, 3.63) is 34.9 Å². The summed E-state index contributed by atoms with van der Waals surface area (Å²) in [6, 6.07) is 2.58. The van der Waals surface area contributed by atoms with Gasteiger partial charge in [0.05, 0.1) is 24.8 Å². The minimum absolute atomic E-state index is 0.178. The van der Waals surface area contributed by atoms with Crippen molar-refractivity contribution >= 4 is 11.9 Å². The van der Waals surface area contributed by atoms with Gasteiger partial charge in [0, 0.05) is 5.56 Å². The molecule has 0 radical (unpaired) electrons. The van der Waals surface area contributed by atoms with E-state index in [1.165, 1.54) is 0 Å². The summed E-state index contributed by atoms with van der Waals surface area (Å²) in [6.07, 6.45) is -7.57. The first-order valence-electron chi connectivity index (χ1n) is 9.83. The fourth-order valence-electron chi connectivity index (χ4n) is 3.98. The van der Waals surface area contributed by atoms with E-state index in [2.05, 4.69) is 0 Å². The lowest BCUT2D eigenvalue weighted by Gasteiger charge is -2.45. The molecule has 4 rings (SSSR count). The van der Waals surface area contributed by atoms with Crippen molar-refractivity contribution in [3.63, 3.8) is 0 Å². The van der Waals surface area contributed by atoms with Gasteiger partial charge >= 0.3 is 11.9 Å². The Balaban J connectivity index is 1.75. The number of hydrogen-bond donors (Lipinski definition) is 7. The molecule has 13 nitrogen and oxygen atoms in total. The van der Waals surface area contributed by atoms with E-state index < -0.39 is 83.4 Å². The maximum Gasteiger partial charge on any atom is 0.339 e. The van der Waals surface area contributed by atoms with Crippen molar-refractivity contribution in [1.29, 1.82) is 0 Å². The van der Waals surface area contributed by atoms with Gasteiger partial charge in [-0.25, -0.2) is 9.59 Å². The molecule has 2 heterocycles. The van der Waals surface area contributed by atoms with E-state index in [1.807, 2.05) is 0 Å². The van der Waals surface area contributed by atoms with Crippen LogP contribution in [0.4, 0.5) is 0 Å². The number of esters is 2. The smallest absolute Gasteiger partial charge is 0.339 e. The first kappa shape index (κ1) is 23.2. The monoisotopic (exact) mass is 480 g/mol. The Kier molecular flexibility index (Phi) is 5.77. The molecule has 1 saturated heterocycles. The van der Waals surface area contributed by atoms with Crippen LogP contribution in [0, 0.1) is 0 Å². The summed E-state index contributed by atoms with van der Waals surface area (Å²) in [6.45, 7) is -0.752. The summed E-state index contributed by atoms with van der Waals surface area (Å²) < 4.78 is 21.2. The average molecular weight is 480 g/mol. The number of aromatic hydroxyl groups is 5. The van der Waals surface area contributed by atoms with Crippen LogP contribution in [-0.4, -0.2) is 85.8 Å². The van der Waals surface area contributed by atoms with Gasteiger partial charge in [-0.2, -0.15) is 0 Å². The maximum atomic E-state index is 12.7. The number of methoxy groups -OCH3 is 1. The van der Waals surface area contributed by atoms with Gasteiger partial charge in [-0.05, 0) is 18.2 Å². The normalized spacial score (nSPS) is 25.6. The highest BCUT2D eigenvalue weighted by molar-refractivity contribution is 5.95. The Morgan fingerprint density at radius 3 is 2.26 bits per heavy atom. The zero-order chi connectivity index (χ0) is 24.9. The van der Waals surface area contributed by atoms with Crippen LogP contribution in [0.2, 0.25) is 0 Å².